The summed E-state index contributed by atoms with van der Waals surface area (Å²) in [6.07, 6.45) is 2.79. The van der Waals surface area contributed by atoms with Crippen molar-refractivity contribution in [1.82, 2.24) is 10.7 Å². The van der Waals surface area contributed by atoms with E-state index in [-0.39, 0.29) is 6.54 Å². The Morgan fingerprint density at radius 1 is 1.23 bits per heavy atom. The quantitative estimate of drug-likeness (QED) is 0.509. The Labute approximate surface area is 136 Å². The van der Waals surface area contributed by atoms with Gasteiger partial charge in [0.1, 0.15) is 5.76 Å². The number of benzene rings is 1. The normalized spacial score (nSPS) is 10.6. The van der Waals surface area contributed by atoms with E-state index >= 15 is 0 Å². The van der Waals surface area contributed by atoms with Crippen LogP contribution in [0.25, 0.3) is 0 Å². The number of hydrogen-bond donors (Lipinski definition) is 2. The summed E-state index contributed by atoms with van der Waals surface area (Å²) < 4.78 is 5.02. The molecule has 2 amide bonds. The van der Waals surface area contributed by atoms with Crippen molar-refractivity contribution in [3.63, 3.8) is 0 Å². The van der Waals surface area contributed by atoms with Crippen LogP contribution in [0, 0.1) is 0 Å². The third kappa shape index (κ3) is 4.61. The predicted octanol–water partition coefficient (Wildman–Crippen LogP) is 2.35. The van der Waals surface area contributed by atoms with E-state index in [0.717, 1.165) is 0 Å². The Hall–Kier alpha value is -2.31. The number of rotatable bonds is 4. The third-order valence-electron chi connectivity index (χ3n) is 2.54. The lowest BCUT2D eigenvalue weighted by atomic mass is 10.2. The molecule has 2 aromatic rings. The summed E-state index contributed by atoms with van der Waals surface area (Å²) in [5.74, 6) is -1.18. The van der Waals surface area contributed by atoms with Crippen LogP contribution in [-0.2, 0) is 16.1 Å². The van der Waals surface area contributed by atoms with Gasteiger partial charge in [-0.25, -0.2) is 5.43 Å². The van der Waals surface area contributed by atoms with Crippen molar-refractivity contribution in [2.45, 2.75) is 6.54 Å². The number of carbonyl (C=O) groups excluding carboxylic acids is 2. The molecule has 1 aromatic carbocycles. The lowest BCUT2D eigenvalue weighted by Crippen LogP contribution is -2.37. The average molecular weight is 340 g/mol. The first kappa shape index (κ1) is 16.1. The minimum absolute atomic E-state index is 0.117. The van der Waals surface area contributed by atoms with Crippen LogP contribution in [0.1, 0.15) is 11.3 Å². The lowest BCUT2D eigenvalue weighted by Gasteiger charge is -2.02. The lowest BCUT2D eigenvalue weighted by molar-refractivity contribution is -0.139. The number of carbonyl (C=O) groups is 2. The molecule has 0 aliphatic heterocycles. The van der Waals surface area contributed by atoms with Crippen LogP contribution < -0.4 is 10.7 Å². The molecule has 2 rings (SSSR count). The summed E-state index contributed by atoms with van der Waals surface area (Å²) in [4.78, 5) is 23.0. The SMILES string of the molecule is O=C(NCc1ccco1)C(=O)N/N=C\c1ccc(Cl)cc1Cl. The molecule has 0 bridgehead atoms. The van der Waals surface area contributed by atoms with Crippen molar-refractivity contribution in [3.8, 4) is 0 Å². The largest absolute Gasteiger partial charge is 0.467 e. The number of amides is 2. The molecular formula is C14H11Cl2N3O3. The van der Waals surface area contributed by atoms with Crippen LogP contribution >= 0.6 is 23.2 Å². The molecule has 1 heterocycles. The molecule has 0 spiro atoms. The van der Waals surface area contributed by atoms with Gasteiger partial charge in [-0.3, -0.25) is 9.59 Å². The highest BCUT2D eigenvalue weighted by atomic mass is 35.5. The van der Waals surface area contributed by atoms with Gasteiger partial charge < -0.3 is 9.73 Å². The molecule has 114 valence electrons. The summed E-state index contributed by atoms with van der Waals surface area (Å²) in [5.41, 5.74) is 2.66. The smallest absolute Gasteiger partial charge is 0.329 e. The summed E-state index contributed by atoms with van der Waals surface area (Å²) in [7, 11) is 0. The van der Waals surface area contributed by atoms with E-state index < -0.39 is 11.8 Å². The highest BCUT2D eigenvalue weighted by molar-refractivity contribution is 6.36. The Kier molecular flexibility index (Phi) is 5.57. The highest BCUT2D eigenvalue weighted by Crippen LogP contribution is 2.19. The highest BCUT2D eigenvalue weighted by Gasteiger charge is 2.12. The number of hydrogen-bond acceptors (Lipinski definition) is 4. The Morgan fingerprint density at radius 2 is 2.05 bits per heavy atom. The summed E-state index contributed by atoms with van der Waals surface area (Å²) in [6, 6.07) is 8.17. The van der Waals surface area contributed by atoms with E-state index in [0.29, 0.717) is 21.4 Å². The zero-order chi connectivity index (χ0) is 15.9. The number of hydrazone groups is 1. The molecule has 0 saturated carbocycles. The van der Waals surface area contributed by atoms with Crippen LogP contribution in [0.2, 0.25) is 10.0 Å². The van der Waals surface area contributed by atoms with Crippen LogP contribution in [0.3, 0.4) is 0 Å². The third-order valence-corrected chi connectivity index (χ3v) is 3.10. The monoisotopic (exact) mass is 339 g/mol. The van der Waals surface area contributed by atoms with Gasteiger partial charge in [0, 0.05) is 10.6 Å². The summed E-state index contributed by atoms with van der Waals surface area (Å²) in [5, 5.41) is 6.92. The molecule has 0 aliphatic rings. The van der Waals surface area contributed by atoms with Crippen molar-refractivity contribution in [1.29, 1.82) is 0 Å². The molecule has 0 fully saturated rings. The molecule has 22 heavy (non-hydrogen) atoms. The van der Waals surface area contributed by atoms with E-state index in [9.17, 15) is 9.59 Å². The van der Waals surface area contributed by atoms with Gasteiger partial charge in [-0.05, 0) is 24.3 Å². The maximum absolute atomic E-state index is 11.5. The van der Waals surface area contributed by atoms with Gasteiger partial charge in [0.15, 0.2) is 0 Å². The minimum Gasteiger partial charge on any atom is -0.467 e. The molecule has 0 atom stereocenters. The second-order valence-electron chi connectivity index (χ2n) is 4.13. The Morgan fingerprint density at radius 3 is 2.73 bits per heavy atom. The van der Waals surface area contributed by atoms with E-state index in [1.165, 1.54) is 12.5 Å². The number of nitrogens with one attached hydrogen (secondary N) is 2. The zero-order valence-corrected chi connectivity index (χ0v) is 12.7. The van der Waals surface area contributed by atoms with E-state index in [4.69, 9.17) is 27.6 Å². The standard InChI is InChI=1S/C14H11Cl2N3O3/c15-10-4-3-9(12(16)6-10)7-18-19-14(21)13(20)17-8-11-2-1-5-22-11/h1-7H,8H2,(H,17,20)(H,19,21)/b18-7-. The zero-order valence-electron chi connectivity index (χ0n) is 11.2. The summed E-state index contributed by atoms with van der Waals surface area (Å²) >= 11 is 11.7. The Balaban J connectivity index is 1.83. The second kappa shape index (κ2) is 7.63. The maximum atomic E-state index is 11.5. The molecule has 0 unspecified atom stereocenters. The van der Waals surface area contributed by atoms with Crippen molar-refractivity contribution in [2.75, 3.05) is 0 Å². The van der Waals surface area contributed by atoms with E-state index in [1.807, 2.05) is 0 Å². The Bertz CT molecular complexity index is 699. The molecule has 0 radical (unpaired) electrons. The summed E-state index contributed by atoms with van der Waals surface area (Å²) in [6.45, 7) is 0.117. The first-order valence-corrected chi connectivity index (χ1v) is 6.90. The van der Waals surface area contributed by atoms with Crippen molar-refractivity contribution in [2.24, 2.45) is 5.10 Å². The van der Waals surface area contributed by atoms with Crippen LogP contribution in [0.5, 0.6) is 0 Å². The van der Waals surface area contributed by atoms with Gasteiger partial charge in [-0.2, -0.15) is 5.10 Å². The van der Waals surface area contributed by atoms with Crippen LogP contribution in [-0.4, -0.2) is 18.0 Å². The fourth-order valence-corrected chi connectivity index (χ4v) is 1.94. The van der Waals surface area contributed by atoms with Crippen molar-refractivity contribution in [3.05, 3.63) is 58.0 Å². The first-order chi connectivity index (χ1) is 10.6. The van der Waals surface area contributed by atoms with Gasteiger partial charge in [0.05, 0.1) is 24.0 Å². The van der Waals surface area contributed by atoms with E-state index in [1.54, 1.807) is 30.3 Å². The second-order valence-corrected chi connectivity index (χ2v) is 4.97. The average Bonchev–Trinajstić information content (AvgIpc) is 3.00. The topological polar surface area (TPSA) is 83.7 Å². The minimum atomic E-state index is -0.895. The van der Waals surface area contributed by atoms with Gasteiger partial charge in [0.2, 0.25) is 0 Å². The van der Waals surface area contributed by atoms with Crippen LogP contribution in [0.4, 0.5) is 0 Å². The van der Waals surface area contributed by atoms with Gasteiger partial charge in [-0.15, -0.1) is 0 Å². The first-order valence-electron chi connectivity index (χ1n) is 6.15. The van der Waals surface area contributed by atoms with Gasteiger partial charge >= 0.3 is 11.8 Å². The number of halogens is 2. The number of furan rings is 1. The molecule has 1 aromatic heterocycles. The molecule has 6 nitrogen and oxygen atoms in total. The van der Waals surface area contributed by atoms with Crippen molar-refractivity contribution < 1.29 is 14.0 Å². The molecule has 0 saturated heterocycles. The molecule has 2 N–H and O–H groups in total. The van der Waals surface area contributed by atoms with Gasteiger partial charge in [0.25, 0.3) is 0 Å². The van der Waals surface area contributed by atoms with Crippen molar-refractivity contribution >= 4 is 41.2 Å². The van der Waals surface area contributed by atoms with E-state index in [2.05, 4.69) is 15.8 Å². The van der Waals surface area contributed by atoms with Crippen LogP contribution in [0.15, 0.2) is 46.1 Å². The fraction of sp³-hybridized carbons (Fsp3) is 0.0714. The molecular weight excluding hydrogens is 329 g/mol. The maximum Gasteiger partial charge on any atom is 0.329 e. The fourth-order valence-electron chi connectivity index (χ4n) is 1.48. The van der Waals surface area contributed by atoms with Gasteiger partial charge in [-0.1, -0.05) is 29.3 Å². The predicted molar refractivity (Wildman–Crippen MR) is 82.8 cm³/mol. The number of nitrogens with zero attached hydrogens (tertiary/aromatic N) is 1. The molecule has 0 aliphatic carbocycles. The molecule has 8 heteroatoms.